The summed E-state index contributed by atoms with van der Waals surface area (Å²) in [5.74, 6) is 0.217. The molecule has 1 amide bonds. The maximum atomic E-state index is 12.3. The zero-order valence-electron chi connectivity index (χ0n) is 20.4. The monoisotopic (exact) mass is 417 g/mol. The molecule has 0 fully saturated rings. The van der Waals surface area contributed by atoms with Crippen LogP contribution in [0.4, 0.5) is 0 Å². The summed E-state index contributed by atoms with van der Waals surface area (Å²) >= 11 is 0. The highest BCUT2D eigenvalue weighted by atomic mass is 16.1. The van der Waals surface area contributed by atoms with E-state index in [0.717, 1.165) is 24.0 Å². The van der Waals surface area contributed by atoms with Gasteiger partial charge in [-0.2, -0.15) is 0 Å². The maximum absolute atomic E-state index is 12.3. The molecule has 0 spiro atoms. The molecule has 1 N–H and O–H groups in total. The molecule has 0 heterocycles. The standard InChI is InChI=1S/C27H48N2O/c1-5-6-7-8-9-10-11-12-13-14-15-19-22-27(30)28-25(2)23-29(3,4)24-26-20-17-16-18-21-26/h16-18,20-21,25H,5-15,19,22-24H2,1-4H3/p+1. The number of unbranched alkanes of at least 4 members (excludes halogenated alkanes) is 11. The lowest BCUT2D eigenvalue weighted by Crippen LogP contribution is -2.49. The quantitative estimate of drug-likeness (QED) is 0.205. The summed E-state index contributed by atoms with van der Waals surface area (Å²) in [5.41, 5.74) is 1.34. The Morgan fingerprint density at radius 2 is 1.33 bits per heavy atom. The van der Waals surface area contributed by atoms with Crippen molar-refractivity contribution in [1.29, 1.82) is 0 Å². The molecule has 0 aliphatic heterocycles. The van der Waals surface area contributed by atoms with E-state index in [4.69, 9.17) is 0 Å². The first kappa shape index (κ1) is 26.7. The number of carbonyl (C=O) groups excluding carboxylic acids is 1. The van der Waals surface area contributed by atoms with Crippen molar-refractivity contribution in [1.82, 2.24) is 5.32 Å². The molecular weight excluding hydrogens is 368 g/mol. The molecule has 172 valence electrons. The Balaban J connectivity index is 2.01. The Labute approximate surface area is 187 Å². The molecule has 1 atom stereocenters. The van der Waals surface area contributed by atoms with Crippen molar-refractivity contribution in [3.63, 3.8) is 0 Å². The summed E-state index contributed by atoms with van der Waals surface area (Å²) in [6, 6.07) is 10.8. The van der Waals surface area contributed by atoms with Gasteiger partial charge in [0.1, 0.15) is 6.54 Å². The molecule has 0 radical (unpaired) electrons. The fourth-order valence-corrected chi connectivity index (χ4v) is 4.40. The molecule has 30 heavy (non-hydrogen) atoms. The van der Waals surface area contributed by atoms with Gasteiger partial charge in [0, 0.05) is 12.0 Å². The van der Waals surface area contributed by atoms with E-state index in [9.17, 15) is 4.79 Å². The van der Waals surface area contributed by atoms with Crippen molar-refractivity contribution in [3.05, 3.63) is 35.9 Å². The van der Waals surface area contributed by atoms with Gasteiger partial charge in [-0.05, 0) is 13.3 Å². The van der Waals surface area contributed by atoms with Crippen molar-refractivity contribution >= 4 is 5.91 Å². The summed E-state index contributed by atoms with van der Waals surface area (Å²) in [7, 11) is 4.47. The van der Waals surface area contributed by atoms with Crippen LogP contribution in [0, 0.1) is 0 Å². The first-order valence-corrected chi connectivity index (χ1v) is 12.6. The van der Waals surface area contributed by atoms with Gasteiger partial charge >= 0.3 is 0 Å². The Morgan fingerprint density at radius 1 is 0.833 bits per heavy atom. The van der Waals surface area contributed by atoms with E-state index in [-0.39, 0.29) is 11.9 Å². The lowest BCUT2D eigenvalue weighted by molar-refractivity contribution is -0.904. The average Bonchev–Trinajstić information content (AvgIpc) is 2.68. The summed E-state index contributed by atoms with van der Waals surface area (Å²) in [5, 5.41) is 3.21. The van der Waals surface area contributed by atoms with Crippen LogP contribution in [-0.2, 0) is 11.3 Å². The summed E-state index contributed by atoms with van der Waals surface area (Å²) < 4.78 is 0.879. The van der Waals surface area contributed by atoms with Gasteiger partial charge in [0.2, 0.25) is 5.91 Å². The van der Waals surface area contributed by atoms with Crippen LogP contribution in [0.15, 0.2) is 30.3 Å². The van der Waals surface area contributed by atoms with Gasteiger partial charge in [-0.25, -0.2) is 0 Å². The minimum atomic E-state index is 0.202. The highest BCUT2D eigenvalue weighted by Gasteiger charge is 2.20. The third-order valence-electron chi connectivity index (χ3n) is 5.89. The Bertz CT molecular complexity index is 541. The second-order valence-corrected chi connectivity index (χ2v) is 9.87. The van der Waals surface area contributed by atoms with Gasteiger partial charge in [0.05, 0.1) is 26.7 Å². The zero-order chi connectivity index (χ0) is 22.1. The van der Waals surface area contributed by atoms with Crippen molar-refractivity contribution < 1.29 is 9.28 Å². The molecule has 0 aromatic heterocycles. The molecule has 3 nitrogen and oxygen atoms in total. The molecule has 1 aromatic carbocycles. The number of hydrogen-bond acceptors (Lipinski definition) is 1. The summed E-state index contributed by atoms with van der Waals surface area (Å²) in [4.78, 5) is 12.3. The number of rotatable bonds is 18. The lowest BCUT2D eigenvalue weighted by Gasteiger charge is -2.32. The van der Waals surface area contributed by atoms with Crippen molar-refractivity contribution in [2.45, 2.75) is 110 Å². The first-order chi connectivity index (χ1) is 14.4. The van der Waals surface area contributed by atoms with E-state index >= 15 is 0 Å². The lowest BCUT2D eigenvalue weighted by atomic mass is 10.0. The van der Waals surface area contributed by atoms with Crippen LogP contribution in [-0.4, -0.2) is 37.1 Å². The van der Waals surface area contributed by atoms with Gasteiger partial charge in [-0.3, -0.25) is 4.79 Å². The third-order valence-corrected chi connectivity index (χ3v) is 5.89. The van der Waals surface area contributed by atoms with Gasteiger partial charge < -0.3 is 9.80 Å². The van der Waals surface area contributed by atoms with E-state index in [1.54, 1.807) is 0 Å². The van der Waals surface area contributed by atoms with Crippen LogP contribution in [0.5, 0.6) is 0 Å². The molecule has 0 saturated heterocycles. The molecule has 0 saturated carbocycles. The maximum Gasteiger partial charge on any atom is 0.220 e. The number of hydrogen-bond donors (Lipinski definition) is 1. The Morgan fingerprint density at radius 3 is 1.87 bits per heavy atom. The van der Waals surface area contributed by atoms with E-state index in [1.165, 1.54) is 76.2 Å². The number of likely N-dealkylation sites (N-methyl/N-ethyl adjacent to an activating group) is 1. The molecule has 1 rings (SSSR count). The van der Waals surface area contributed by atoms with Gasteiger partial charge in [-0.15, -0.1) is 0 Å². The third kappa shape index (κ3) is 14.6. The summed E-state index contributed by atoms with van der Waals surface area (Å²) in [6.45, 7) is 6.33. The predicted octanol–water partition coefficient (Wildman–Crippen LogP) is 6.86. The zero-order valence-corrected chi connectivity index (χ0v) is 20.4. The number of benzene rings is 1. The average molecular weight is 418 g/mol. The minimum Gasteiger partial charge on any atom is -0.348 e. The van der Waals surface area contributed by atoms with Crippen LogP contribution >= 0.6 is 0 Å². The van der Waals surface area contributed by atoms with Gasteiger partial charge in [-0.1, -0.05) is 108 Å². The second-order valence-electron chi connectivity index (χ2n) is 9.87. The molecule has 0 aliphatic rings. The minimum absolute atomic E-state index is 0.202. The van der Waals surface area contributed by atoms with Crippen LogP contribution < -0.4 is 5.32 Å². The van der Waals surface area contributed by atoms with E-state index in [0.29, 0.717) is 6.42 Å². The Kier molecular flexibility index (Phi) is 14.5. The highest BCUT2D eigenvalue weighted by Crippen LogP contribution is 2.13. The fraction of sp³-hybridized carbons (Fsp3) is 0.741. The number of carbonyl (C=O) groups is 1. The smallest absolute Gasteiger partial charge is 0.220 e. The Hall–Kier alpha value is -1.35. The van der Waals surface area contributed by atoms with Crippen molar-refractivity contribution in [2.24, 2.45) is 0 Å². The SMILES string of the molecule is CCCCCCCCCCCCCCC(=O)NC(C)C[N+](C)(C)Cc1ccccc1. The van der Waals surface area contributed by atoms with Crippen LogP contribution in [0.3, 0.4) is 0 Å². The van der Waals surface area contributed by atoms with E-state index in [1.807, 2.05) is 0 Å². The number of nitrogens with zero attached hydrogens (tertiary/aromatic N) is 1. The summed E-state index contributed by atoms with van der Waals surface area (Å²) in [6.07, 6.45) is 16.6. The number of quaternary nitrogens is 1. The van der Waals surface area contributed by atoms with E-state index in [2.05, 4.69) is 63.6 Å². The molecule has 1 aromatic rings. The van der Waals surface area contributed by atoms with Crippen LogP contribution in [0.25, 0.3) is 0 Å². The highest BCUT2D eigenvalue weighted by molar-refractivity contribution is 5.76. The first-order valence-electron chi connectivity index (χ1n) is 12.6. The number of amides is 1. The molecule has 3 heteroatoms. The topological polar surface area (TPSA) is 29.1 Å². The van der Waals surface area contributed by atoms with Crippen LogP contribution in [0.2, 0.25) is 0 Å². The second kappa shape index (κ2) is 16.4. The molecule has 1 unspecified atom stereocenters. The van der Waals surface area contributed by atoms with Gasteiger partial charge in [0.15, 0.2) is 0 Å². The normalized spacial score (nSPS) is 12.7. The van der Waals surface area contributed by atoms with Crippen molar-refractivity contribution in [3.8, 4) is 0 Å². The number of nitrogens with one attached hydrogen (secondary N) is 1. The van der Waals surface area contributed by atoms with Crippen molar-refractivity contribution in [2.75, 3.05) is 20.6 Å². The molecule has 0 bridgehead atoms. The van der Waals surface area contributed by atoms with E-state index < -0.39 is 0 Å². The molecule has 0 aliphatic carbocycles. The largest absolute Gasteiger partial charge is 0.348 e. The predicted molar refractivity (Wildman–Crippen MR) is 130 cm³/mol. The molecular formula is C27H49N2O+. The van der Waals surface area contributed by atoms with Gasteiger partial charge in [0.25, 0.3) is 0 Å². The fourth-order valence-electron chi connectivity index (χ4n) is 4.40. The van der Waals surface area contributed by atoms with Crippen LogP contribution in [0.1, 0.15) is 103 Å².